The Balaban J connectivity index is 1.79. The van der Waals surface area contributed by atoms with E-state index in [9.17, 15) is 0 Å². The second-order valence-electron chi connectivity index (χ2n) is 3.59. The van der Waals surface area contributed by atoms with Gasteiger partial charge in [-0.25, -0.2) is 0 Å². The van der Waals surface area contributed by atoms with Crippen molar-refractivity contribution in [3.05, 3.63) is 27.4 Å². The lowest BCUT2D eigenvalue weighted by molar-refractivity contribution is 0.265. The second-order valence-corrected chi connectivity index (χ2v) is 5.34. The van der Waals surface area contributed by atoms with E-state index in [0.29, 0.717) is 0 Å². The van der Waals surface area contributed by atoms with Gasteiger partial charge in [0, 0.05) is 37.6 Å². The third-order valence-corrected chi connectivity index (χ3v) is 3.65. The van der Waals surface area contributed by atoms with Gasteiger partial charge in [0.1, 0.15) is 0 Å². The SMILES string of the molecule is Clc1ccc(/C=C/CN2CCNCC2)s1. The highest BCUT2D eigenvalue weighted by Crippen LogP contribution is 2.22. The number of hydrogen-bond acceptors (Lipinski definition) is 3. The number of piperazine rings is 1. The molecule has 15 heavy (non-hydrogen) atoms. The fourth-order valence-electron chi connectivity index (χ4n) is 1.63. The molecule has 1 aliphatic heterocycles. The summed E-state index contributed by atoms with van der Waals surface area (Å²) in [5.41, 5.74) is 0. The van der Waals surface area contributed by atoms with Crippen molar-refractivity contribution in [3.63, 3.8) is 0 Å². The largest absolute Gasteiger partial charge is 0.314 e. The third kappa shape index (κ3) is 3.61. The van der Waals surface area contributed by atoms with Crippen molar-refractivity contribution in [2.45, 2.75) is 0 Å². The third-order valence-electron chi connectivity index (χ3n) is 2.45. The molecule has 82 valence electrons. The number of thiophene rings is 1. The zero-order valence-corrected chi connectivity index (χ0v) is 10.2. The molecule has 1 aromatic heterocycles. The van der Waals surface area contributed by atoms with Crippen molar-refractivity contribution in [3.8, 4) is 0 Å². The van der Waals surface area contributed by atoms with E-state index in [2.05, 4.69) is 28.4 Å². The van der Waals surface area contributed by atoms with Crippen LogP contribution < -0.4 is 5.32 Å². The van der Waals surface area contributed by atoms with Crippen LogP contribution in [0.3, 0.4) is 0 Å². The predicted molar refractivity (Wildman–Crippen MR) is 67.7 cm³/mol. The van der Waals surface area contributed by atoms with Crippen molar-refractivity contribution >= 4 is 29.0 Å². The highest BCUT2D eigenvalue weighted by atomic mass is 35.5. The minimum absolute atomic E-state index is 0.858. The minimum atomic E-state index is 0.858. The lowest BCUT2D eigenvalue weighted by Crippen LogP contribution is -2.43. The highest BCUT2D eigenvalue weighted by molar-refractivity contribution is 7.16. The second kappa shape index (κ2) is 5.66. The van der Waals surface area contributed by atoms with E-state index in [-0.39, 0.29) is 0 Å². The van der Waals surface area contributed by atoms with Gasteiger partial charge in [-0.05, 0) is 18.2 Å². The van der Waals surface area contributed by atoms with Gasteiger partial charge in [0.15, 0.2) is 0 Å². The van der Waals surface area contributed by atoms with Crippen LogP contribution in [0.1, 0.15) is 4.88 Å². The number of nitrogens with zero attached hydrogens (tertiary/aromatic N) is 1. The molecule has 0 saturated carbocycles. The maximum Gasteiger partial charge on any atom is 0.0934 e. The van der Waals surface area contributed by atoms with Crippen LogP contribution >= 0.6 is 22.9 Å². The normalized spacial score (nSPS) is 18.7. The maximum atomic E-state index is 5.85. The summed E-state index contributed by atoms with van der Waals surface area (Å²) < 4.78 is 0.858. The summed E-state index contributed by atoms with van der Waals surface area (Å²) in [6, 6.07) is 4.00. The molecule has 0 spiro atoms. The standard InChI is InChI=1S/C11H15ClN2S/c12-11-4-3-10(15-11)2-1-7-14-8-5-13-6-9-14/h1-4,13H,5-9H2/b2-1+. The average molecular weight is 243 g/mol. The van der Waals surface area contributed by atoms with Crippen LogP contribution in [0, 0.1) is 0 Å². The topological polar surface area (TPSA) is 15.3 Å². The van der Waals surface area contributed by atoms with E-state index in [1.54, 1.807) is 11.3 Å². The Morgan fingerprint density at radius 1 is 1.40 bits per heavy atom. The van der Waals surface area contributed by atoms with E-state index >= 15 is 0 Å². The minimum Gasteiger partial charge on any atom is -0.314 e. The zero-order chi connectivity index (χ0) is 10.5. The lowest BCUT2D eigenvalue weighted by Gasteiger charge is -2.25. The monoisotopic (exact) mass is 242 g/mol. The average Bonchev–Trinajstić information content (AvgIpc) is 2.66. The van der Waals surface area contributed by atoms with Crippen molar-refractivity contribution in [2.75, 3.05) is 32.7 Å². The van der Waals surface area contributed by atoms with Crippen molar-refractivity contribution in [1.82, 2.24) is 10.2 Å². The fraction of sp³-hybridized carbons (Fsp3) is 0.455. The molecule has 0 amide bonds. The van der Waals surface area contributed by atoms with Gasteiger partial charge in [-0.15, -0.1) is 11.3 Å². The van der Waals surface area contributed by atoms with E-state index in [4.69, 9.17) is 11.6 Å². The van der Waals surface area contributed by atoms with E-state index in [0.717, 1.165) is 37.1 Å². The summed E-state index contributed by atoms with van der Waals surface area (Å²) in [6.07, 6.45) is 4.37. The van der Waals surface area contributed by atoms with Gasteiger partial charge < -0.3 is 5.32 Å². The summed E-state index contributed by atoms with van der Waals surface area (Å²) in [6.45, 7) is 5.56. The first-order valence-corrected chi connectivity index (χ1v) is 6.39. The van der Waals surface area contributed by atoms with Gasteiger partial charge >= 0.3 is 0 Å². The van der Waals surface area contributed by atoms with Crippen molar-refractivity contribution < 1.29 is 0 Å². The van der Waals surface area contributed by atoms with Crippen LogP contribution in [-0.4, -0.2) is 37.6 Å². The summed E-state index contributed by atoms with van der Waals surface area (Å²) in [4.78, 5) is 3.68. The molecule has 0 radical (unpaired) electrons. The first kappa shape index (κ1) is 11.1. The van der Waals surface area contributed by atoms with Gasteiger partial charge in [0.25, 0.3) is 0 Å². The molecule has 4 heteroatoms. The van der Waals surface area contributed by atoms with Gasteiger partial charge in [0.05, 0.1) is 4.34 Å². The Labute approximate surface area is 99.5 Å². The van der Waals surface area contributed by atoms with E-state index in [1.165, 1.54) is 4.88 Å². The molecule has 1 saturated heterocycles. The Bertz CT molecular complexity index is 329. The van der Waals surface area contributed by atoms with E-state index < -0.39 is 0 Å². The Morgan fingerprint density at radius 3 is 2.87 bits per heavy atom. The van der Waals surface area contributed by atoms with E-state index in [1.807, 2.05) is 6.07 Å². The van der Waals surface area contributed by atoms with Gasteiger partial charge in [-0.2, -0.15) is 0 Å². The molecule has 0 aliphatic carbocycles. The number of nitrogens with one attached hydrogen (secondary N) is 1. The van der Waals surface area contributed by atoms with Crippen LogP contribution in [0.25, 0.3) is 6.08 Å². The summed E-state index contributed by atoms with van der Waals surface area (Å²) in [5, 5.41) is 3.35. The van der Waals surface area contributed by atoms with Gasteiger partial charge in [0.2, 0.25) is 0 Å². The maximum absolute atomic E-state index is 5.85. The molecule has 2 heterocycles. The molecular formula is C11H15ClN2S. The highest BCUT2D eigenvalue weighted by Gasteiger charge is 2.06. The molecule has 0 atom stereocenters. The lowest BCUT2D eigenvalue weighted by atomic mass is 10.3. The van der Waals surface area contributed by atoms with Gasteiger partial charge in [-0.3, -0.25) is 4.90 Å². The van der Waals surface area contributed by atoms with Crippen LogP contribution in [0.5, 0.6) is 0 Å². The number of rotatable bonds is 3. The summed E-state index contributed by atoms with van der Waals surface area (Å²) >= 11 is 7.48. The van der Waals surface area contributed by atoms with Crippen molar-refractivity contribution in [1.29, 1.82) is 0 Å². The molecule has 2 nitrogen and oxygen atoms in total. The Morgan fingerprint density at radius 2 is 2.20 bits per heavy atom. The first-order chi connectivity index (χ1) is 7.34. The summed E-state index contributed by atoms with van der Waals surface area (Å²) in [7, 11) is 0. The van der Waals surface area contributed by atoms with Crippen LogP contribution in [0.4, 0.5) is 0 Å². The molecule has 0 bridgehead atoms. The molecule has 1 fully saturated rings. The van der Waals surface area contributed by atoms with Crippen LogP contribution in [0.15, 0.2) is 18.2 Å². The Hall–Kier alpha value is -0.350. The number of halogens is 1. The molecular weight excluding hydrogens is 228 g/mol. The first-order valence-electron chi connectivity index (χ1n) is 5.19. The molecule has 1 aromatic rings. The molecule has 1 N–H and O–H groups in total. The predicted octanol–water partition coefficient (Wildman–Crippen LogP) is 2.32. The smallest absolute Gasteiger partial charge is 0.0934 e. The van der Waals surface area contributed by atoms with Crippen LogP contribution in [0.2, 0.25) is 4.34 Å². The molecule has 0 aromatic carbocycles. The van der Waals surface area contributed by atoms with Crippen LogP contribution in [-0.2, 0) is 0 Å². The van der Waals surface area contributed by atoms with Crippen molar-refractivity contribution in [2.24, 2.45) is 0 Å². The Kier molecular flexibility index (Phi) is 4.20. The number of hydrogen-bond donors (Lipinski definition) is 1. The van der Waals surface area contributed by atoms with Gasteiger partial charge in [-0.1, -0.05) is 17.7 Å². The molecule has 0 unspecified atom stereocenters. The fourth-order valence-corrected chi connectivity index (χ4v) is 2.62. The quantitative estimate of drug-likeness (QED) is 0.875. The molecule has 1 aliphatic rings. The molecule has 2 rings (SSSR count). The summed E-state index contributed by atoms with van der Waals surface area (Å²) in [5.74, 6) is 0. The zero-order valence-electron chi connectivity index (χ0n) is 8.58.